The summed E-state index contributed by atoms with van der Waals surface area (Å²) in [5.41, 5.74) is 0. The molecule has 1 unspecified atom stereocenters. The molecular weight excluding hydrogens is 264 g/mol. The Hall–Kier alpha value is -1.67. The summed E-state index contributed by atoms with van der Waals surface area (Å²) in [6, 6.07) is 0. The first-order valence-electron chi connectivity index (χ1n) is 5.98. The standard InChI is InChI=1S/C11H16N6OS/c1-3-13-9-14-10(17-5-4-12-7-17)16-11(15-9)19-8(2)6-18/h4-5,7-8,18H,3,6H2,1-2H3,(H,13,14,15,16). The summed E-state index contributed by atoms with van der Waals surface area (Å²) in [6.07, 6.45) is 5.07. The zero-order valence-corrected chi connectivity index (χ0v) is 11.6. The third-order valence-corrected chi connectivity index (χ3v) is 3.18. The summed E-state index contributed by atoms with van der Waals surface area (Å²) in [5.74, 6) is 1.03. The van der Waals surface area contributed by atoms with Crippen LogP contribution in [-0.2, 0) is 0 Å². The monoisotopic (exact) mass is 280 g/mol. The molecule has 0 aliphatic heterocycles. The van der Waals surface area contributed by atoms with Gasteiger partial charge in [-0.05, 0) is 6.92 Å². The van der Waals surface area contributed by atoms with Crippen molar-refractivity contribution in [2.75, 3.05) is 18.5 Å². The number of aliphatic hydroxyl groups excluding tert-OH is 1. The highest BCUT2D eigenvalue weighted by molar-refractivity contribution is 7.99. The molecule has 0 aliphatic carbocycles. The van der Waals surface area contributed by atoms with Gasteiger partial charge < -0.3 is 10.4 Å². The van der Waals surface area contributed by atoms with Crippen LogP contribution < -0.4 is 5.32 Å². The van der Waals surface area contributed by atoms with Crippen molar-refractivity contribution >= 4 is 17.7 Å². The van der Waals surface area contributed by atoms with Crippen LogP contribution in [0.25, 0.3) is 5.95 Å². The molecule has 1 atom stereocenters. The van der Waals surface area contributed by atoms with Gasteiger partial charge in [-0.2, -0.15) is 15.0 Å². The second-order valence-corrected chi connectivity index (χ2v) is 5.26. The molecule has 19 heavy (non-hydrogen) atoms. The van der Waals surface area contributed by atoms with Crippen molar-refractivity contribution in [3.05, 3.63) is 18.7 Å². The van der Waals surface area contributed by atoms with Crippen LogP contribution in [0.15, 0.2) is 23.9 Å². The van der Waals surface area contributed by atoms with Gasteiger partial charge >= 0.3 is 0 Å². The van der Waals surface area contributed by atoms with Crippen LogP contribution in [0.5, 0.6) is 0 Å². The van der Waals surface area contributed by atoms with Gasteiger partial charge in [0.1, 0.15) is 6.33 Å². The molecule has 102 valence electrons. The summed E-state index contributed by atoms with van der Waals surface area (Å²) >= 11 is 1.41. The predicted octanol–water partition coefficient (Wildman–Crippen LogP) is 0.962. The van der Waals surface area contributed by atoms with Crippen molar-refractivity contribution in [2.24, 2.45) is 0 Å². The first-order chi connectivity index (χ1) is 9.22. The van der Waals surface area contributed by atoms with E-state index >= 15 is 0 Å². The smallest absolute Gasteiger partial charge is 0.240 e. The molecule has 0 amide bonds. The molecule has 7 nitrogen and oxygen atoms in total. The third-order valence-electron chi connectivity index (χ3n) is 2.24. The number of nitrogens with one attached hydrogen (secondary N) is 1. The van der Waals surface area contributed by atoms with Gasteiger partial charge in [-0.3, -0.25) is 4.57 Å². The summed E-state index contributed by atoms with van der Waals surface area (Å²) in [4.78, 5) is 17.0. The molecule has 8 heteroatoms. The van der Waals surface area contributed by atoms with E-state index in [1.165, 1.54) is 11.8 Å². The van der Waals surface area contributed by atoms with Crippen LogP contribution >= 0.6 is 11.8 Å². The molecule has 2 aromatic rings. The molecule has 0 saturated heterocycles. The number of hydrogen-bond acceptors (Lipinski definition) is 7. The second kappa shape index (κ2) is 6.48. The first-order valence-corrected chi connectivity index (χ1v) is 6.86. The van der Waals surface area contributed by atoms with E-state index in [1.54, 1.807) is 23.3 Å². The normalized spacial score (nSPS) is 12.4. The average molecular weight is 280 g/mol. The van der Waals surface area contributed by atoms with Crippen LogP contribution in [0.4, 0.5) is 5.95 Å². The van der Waals surface area contributed by atoms with Crippen molar-refractivity contribution in [1.29, 1.82) is 0 Å². The van der Waals surface area contributed by atoms with E-state index in [1.807, 2.05) is 13.8 Å². The van der Waals surface area contributed by atoms with E-state index in [-0.39, 0.29) is 11.9 Å². The summed E-state index contributed by atoms with van der Waals surface area (Å²) in [5, 5.41) is 12.8. The van der Waals surface area contributed by atoms with Crippen molar-refractivity contribution in [3.63, 3.8) is 0 Å². The number of thioether (sulfide) groups is 1. The highest BCUT2D eigenvalue weighted by Gasteiger charge is 2.11. The van der Waals surface area contributed by atoms with Crippen molar-refractivity contribution in [1.82, 2.24) is 24.5 Å². The van der Waals surface area contributed by atoms with Gasteiger partial charge in [0.2, 0.25) is 11.9 Å². The van der Waals surface area contributed by atoms with E-state index in [0.29, 0.717) is 17.1 Å². The van der Waals surface area contributed by atoms with E-state index < -0.39 is 0 Å². The number of aliphatic hydroxyl groups is 1. The van der Waals surface area contributed by atoms with Crippen LogP contribution in [0.3, 0.4) is 0 Å². The molecule has 0 bridgehead atoms. The number of anilines is 1. The third kappa shape index (κ3) is 3.65. The van der Waals surface area contributed by atoms with Gasteiger partial charge in [-0.25, -0.2) is 4.98 Å². The van der Waals surface area contributed by atoms with Gasteiger partial charge in [0.15, 0.2) is 5.16 Å². The van der Waals surface area contributed by atoms with Gasteiger partial charge in [-0.1, -0.05) is 18.7 Å². The van der Waals surface area contributed by atoms with Crippen molar-refractivity contribution in [2.45, 2.75) is 24.3 Å². The minimum absolute atomic E-state index is 0.0347. The van der Waals surface area contributed by atoms with Crippen LogP contribution in [-0.4, -0.2) is 48.0 Å². The average Bonchev–Trinajstić information content (AvgIpc) is 2.92. The number of aromatic nitrogens is 5. The lowest BCUT2D eigenvalue weighted by molar-refractivity contribution is 0.300. The van der Waals surface area contributed by atoms with Crippen LogP contribution in [0.1, 0.15) is 13.8 Å². The maximum absolute atomic E-state index is 9.10. The number of nitrogens with zero attached hydrogens (tertiary/aromatic N) is 5. The predicted molar refractivity (Wildman–Crippen MR) is 73.5 cm³/mol. The maximum atomic E-state index is 9.10. The van der Waals surface area contributed by atoms with Crippen LogP contribution in [0, 0.1) is 0 Å². The molecule has 0 radical (unpaired) electrons. The Labute approximate surface area is 115 Å². The SMILES string of the molecule is CCNc1nc(SC(C)CO)nc(-n2ccnc2)n1. The molecule has 2 aromatic heterocycles. The Kier molecular flexibility index (Phi) is 4.69. The highest BCUT2D eigenvalue weighted by atomic mass is 32.2. The molecule has 2 N–H and O–H groups in total. The Morgan fingerprint density at radius 2 is 2.26 bits per heavy atom. The number of rotatable bonds is 6. The fraction of sp³-hybridized carbons (Fsp3) is 0.455. The Bertz CT molecular complexity index is 518. The lowest BCUT2D eigenvalue weighted by atomic mass is 10.5. The van der Waals surface area contributed by atoms with Gasteiger partial charge in [-0.15, -0.1) is 0 Å². The number of imidazole rings is 1. The topological polar surface area (TPSA) is 88.8 Å². The zero-order valence-electron chi connectivity index (χ0n) is 10.8. The molecule has 0 fully saturated rings. The van der Waals surface area contributed by atoms with E-state index in [9.17, 15) is 0 Å². The van der Waals surface area contributed by atoms with Crippen molar-refractivity contribution < 1.29 is 5.11 Å². The van der Waals surface area contributed by atoms with Gasteiger partial charge in [0, 0.05) is 24.2 Å². The lowest BCUT2D eigenvalue weighted by Crippen LogP contribution is -2.10. The van der Waals surface area contributed by atoms with Gasteiger partial charge in [0.25, 0.3) is 0 Å². The maximum Gasteiger partial charge on any atom is 0.240 e. The molecule has 2 rings (SSSR count). The van der Waals surface area contributed by atoms with E-state index in [0.717, 1.165) is 6.54 Å². The molecular formula is C11H16N6OS. The molecule has 0 aliphatic rings. The van der Waals surface area contributed by atoms with Gasteiger partial charge in [0.05, 0.1) is 6.61 Å². The zero-order chi connectivity index (χ0) is 13.7. The Morgan fingerprint density at radius 3 is 2.89 bits per heavy atom. The fourth-order valence-corrected chi connectivity index (χ4v) is 2.05. The molecule has 0 saturated carbocycles. The molecule has 0 spiro atoms. The second-order valence-electron chi connectivity index (χ2n) is 3.85. The first kappa shape index (κ1) is 13.8. The summed E-state index contributed by atoms with van der Waals surface area (Å²) < 4.78 is 1.72. The largest absolute Gasteiger partial charge is 0.395 e. The van der Waals surface area contributed by atoms with E-state index in [2.05, 4.69) is 25.3 Å². The van der Waals surface area contributed by atoms with Crippen molar-refractivity contribution in [3.8, 4) is 5.95 Å². The quantitative estimate of drug-likeness (QED) is 0.762. The molecule has 2 heterocycles. The minimum Gasteiger partial charge on any atom is -0.395 e. The fourth-order valence-electron chi connectivity index (χ4n) is 1.35. The summed E-state index contributed by atoms with van der Waals surface area (Å²) in [7, 11) is 0. The Morgan fingerprint density at radius 1 is 1.42 bits per heavy atom. The lowest BCUT2D eigenvalue weighted by Gasteiger charge is -2.09. The van der Waals surface area contributed by atoms with E-state index in [4.69, 9.17) is 5.11 Å². The molecule has 0 aromatic carbocycles. The minimum atomic E-state index is 0.0347. The van der Waals surface area contributed by atoms with Crippen LogP contribution in [0.2, 0.25) is 0 Å². The number of hydrogen-bond donors (Lipinski definition) is 2. The highest BCUT2D eigenvalue weighted by Crippen LogP contribution is 2.20. The summed E-state index contributed by atoms with van der Waals surface area (Å²) in [6.45, 7) is 4.70. The Balaban J connectivity index is 2.32.